The van der Waals surface area contributed by atoms with E-state index in [1.54, 1.807) is 18.5 Å². The van der Waals surface area contributed by atoms with Crippen LogP contribution in [0.15, 0.2) is 47.2 Å². The molecule has 2 aromatic rings. The van der Waals surface area contributed by atoms with Crippen molar-refractivity contribution in [3.05, 3.63) is 47.2 Å². The zero-order chi connectivity index (χ0) is 12.1. The van der Waals surface area contributed by atoms with Crippen molar-refractivity contribution in [1.29, 1.82) is 0 Å². The van der Waals surface area contributed by atoms with Crippen LogP contribution in [0.25, 0.3) is 0 Å². The Balaban J connectivity index is 1.96. The van der Waals surface area contributed by atoms with E-state index >= 15 is 0 Å². The highest BCUT2D eigenvalue weighted by Gasteiger charge is 1.99. The summed E-state index contributed by atoms with van der Waals surface area (Å²) in [6, 6.07) is 9.46. The Morgan fingerprint density at radius 1 is 1.06 bits per heavy atom. The number of nitrogens with zero attached hydrogens (tertiary/aromatic N) is 2. The lowest BCUT2D eigenvalue weighted by Crippen LogP contribution is -2.20. The van der Waals surface area contributed by atoms with E-state index in [1.165, 1.54) is 0 Å². The van der Waals surface area contributed by atoms with Gasteiger partial charge in [-0.2, -0.15) is 0 Å². The number of halogens is 1. The summed E-state index contributed by atoms with van der Waals surface area (Å²) < 4.78 is 1.02. The molecule has 0 aliphatic heterocycles. The standard InChI is InChI=1S/C11H9BrN4S/c12-8-2-4-9(5-3-8)15-11(17)16-10-13-6-1-7-14-10/h1-7H,(H2,13,14,15,16,17). The maximum Gasteiger partial charge on any atom is 0.228 e. The Kier molecular flexibility index (Phi) is 4.00. The van der Waals surface area contributed by atoms with Crippen LogP contribution in [0.1, 0.15) is 0 Å². The molecule has 0 aliphatic rings. The van der Waals surface area contributed by atoms with Crippen LogP contribution >= 0.6 is 28.1 Å². The molecule has 0 amide bonds. The lowest BCUT2D eigenvalue weighted by Gasteiger charge is -2.08. The van der Waals surface area contributed by atoms with E-state index in [1.807, 2.05) is 24.3 Å². The van der Waals surface area contributed by atoms with Gasteiger partial charge in [-0.25, -0.2) is 9.97 Å². The number of thiocarbonyl (C=S) groups is 1. The van der Waals surface area contributed by atoms with Gasteiger partial charge in [0.15, 0.2) is 5.11 Å². The molecule has 0 unspecified atom stereocenters. The minimum atomic E-state index is 0.457. The molecule has 1 aromatic carbocycles. The minimum absolute atomic E-state index is 0.457. The van der Waals surface area contributed by atoms with Crippen molar-refractivity contribution < 1.29 is 0 Å². The third kappa shape index (κ3) is 3.76. The van der Waals surface area contributed by atoms with Crippen molar-refractivity contribution in [2.75, 3.05) is 10.6 Å². The first-order chi connectivity index (χ1) is 8.24. The van der Waals surface area contributed by atoms with E-state index in [9.17, 15) is 0 Å². The monoisotopic (exact) mass is 308 g/mol. The van der Waals surface area contributed by atoms with Crippen molar-refractivity contribution >= 4 is 44.9 Å². The highest BCUT2D eigenvalue weighted by molar-refractivity contribution is 9.10. The van der Waals surface area contributed by atoms with Gasteiger partial charge in [-0.05, 0) is 42.5 Å². The van der Waals surface area contributed by atoms with Crippen molar-refractivity contribution in [1.82, 2.24) is 9.97 Å². The maximum absolute atomic E-state index is 5.14. The first-order valence-electron chi connectivity index (χ1n) is 4.84. The number of benzene rings is 1. The molecule has 0 radical (unpaired) electrons. The first-order valence-corrected chi connectivity index (χ1v) is 6.05. The lowest BCUT2D eigenvalue weighted by atomic mass is 10.3. The van der Waals surface area contributed by atoms with Crippen LogP contribution in [-0.4, -0.2) is 15.1 Å². The van der Waals surface area contributed by atoms with E-state index in [-0.39, 0.29) is 0 Å². The van der Waals surface area contributed by atoms with Crippen LogP contribution < -0.4 is 10.6 Å². The molecule has 86 valence electrons. The molecule has 0 aliphatic carbocycles. The van der Waals surface area contributed by atoms with E-state index in [2.05, 4.69) is 36.5 Å². The third-order valence-corrected chi connectivity index (χ3v) is 2.63. The lowest BCUT2D eigenvalue weighted by molar-refractivity contribution is 1.18. The zero-order valence-electron chi connectivity index (χ0n) is 8.72. The third-order valence-electron chi connectivity index (χ3n) is 1.89. The summed E-state index contributed by atoms with van der Waals surface area (Å²) in [5.74, 6) is 0.474. The molecule has 2 rings (SSSR count). The average Bonchev–Trinajstić information content (AvgIpc) is 2.33. The second kappa shape index (κ2) is 5.70. The van der Waals surface area contributed by atoms with Crippen LogP contribution in [0, 0.1) is 0 Å². The number of anilines is 2. The minimum Gasteiger partial charge on any atom is -0.332 e. The number of aromatic nitrogens is 2. The Labute approximate surface area is 113 Å². The Hall–Kier alpha value is -1.53. The average molecular weight is 309 g/mol. The predicted molar refractivity (Wildman–Crippen MR) is 76.0 cm³/mol. The number of hydrogen-bond donors (Lipinski definition) is 2. The van der Waals surface area contributed by atoms with Gasteiger partial charge in [0, 0.05) is 22.6 Å². The summed E-state index contributed by atoms with van der Waals surface area (Å²) in [7, 11) is 0. The van der Waals surface area contributed by atoms with Gasteiger partial charge in [0.2, 0.25) is 5.95 Å². The van der Waals surface area contributed by atoms with Gasteiger partial charge in [0.25, 0.3) is 0 Å². The van der Waals surface area contributed by atoms with Crippen LogP contribution in [0.3, 0.4) is 0 Å². The molecule has 6 heteroatoms. The molecular weight excluding hydrogens is 300 g/mol. The topological polar surface area (TPSA) is 49.8 Å². The molecule has 17 heavy (non-hydrogen) atoms. The molecule has 1 aromatic heterocycles. The quantitative estimate of drug-likeness (QED) is 0.835. The van der Waals surface area contributed by atoms with E-state index in [4.69, 9.17) is 12.2 Å². The summed E-state index contributed by atoms with van der Waals surface area (Å²) in [6.07, 6.45) is 3.30. The summed E-state index contributed by atoms with van der Waals surface area (Å²) in [5, 5.41) is 6.39. The van der Waals surface area contributed by atoms with Crippen molar-refractivity contribution in [2.45, 2.75) is 0 Å². The zero-order valence-corrected chi connectivity index (χ0v) is 11.1. The molecule has 0 spiro atoms. The van der Waals surface area contributed by atoms with Crippen LogP contribution in [0.2, 0.25) is 0 Å². The predicted octanol–water partition coefficient (Wildman–Crippen LogP) is 3.05. The number of hydrogen-bond acceptors (Lipinski definition) is 3. The Bertz CT molecular complexity index is 501. The van der Waals surface area contributed by atoms with Gasteiger partial charge in [-0.1, -0.05) is 15.9 Å². The van der Waals surface area contributed by atoms with E-state index < -0.39 is 0 Å². The maximum atomic E-state index is 5.14. The molecule has 2 N–H and O–H groups in total. The highest BCUT2D eigenvalue weighted by atomic mass is 79.9. The largest absolute Gasteiger partial charge is 0.332 e. The number of nitrogens with one attached hydrogen (secondary N) is 2. The van der Waals surface area contributed by atoms with Crippen LogP contribution in [0.4, 0.5) is 11.6 Å². The molecule has 0 saturated carbocycles. The van der Waals surface area contributed by atoms with Gasteiger partial charge >= 0.3 is 0 Å². The second-order valence-electron chi connectivity index (χ2n) is 3.16. The van der Waals surface area contributed by atoms with Gasteiger partial charge in [0.05, 0.1) is 0 Å². The fraction of sp³-hybridized carbons (Fsp3) is 0. The fourth-order valence-corrected chi connectivity index (χ4v) is 1.63. The molecular formula is C11H9BrN4S. The van der Waals surface area contributed by atoms with Crippen molar-refractivity contribution in [3.63, 3.8) is 0 Å². The summed E-state index contributed by atoms with van der Waals surface area (Å²) >= 11 is 8.51. The fourth-order valence-electron chi connectivity index (χ4n) is 1.16. The van der Waals surface area contributed by atoms with Crippen molar-refractivity contribution in [3.8, 4) is 0 Å². The first kappa shape index (κ1) is 11.9. The molecule has 1 heterocycles. The van der Waals surface area contributed by atoms with Crippen LogP contribution in [-0.2, 0) is 0 Å². The molecule has 0 saturated heterocycles. The Morgan fingerprint density at radius 2 is 1.71 bits per heavy atom. The molecule has 4 nitrogen and oxygen atoms in total. The van der Waals surface area contributed by atoms with Gasteiger partial charge in [-0.3, -0.25) is 0 Å². The number of rotatable bonds is 2. The molecule has 0 atom stereocenters. The summed E-state index contributed by atoms with van der Waals surface area (Å²) in [5.41, 5.74) is 0.904. The Morgan fingerprint density at radius 3 is 2.35 bits per heavy atom. The van der Waals surface area contributed by atoms with Gasteiger partial charge in [0.1, 0.15) is 0 Å². The van der Waals surface area contributed by atoms with Crippen molar-refractivity contribution in [2.24, 2.45) is 0 Å². The summed E-state index contributed by atoms with van der Waals surface area (Å²) in [4.78, 5) is 8.03. The second-order valence-corrected chi connectivity index (χ2v) is 4.48. The molecule has 0 fully saturated rings. The normalized spacial score (nSPS) is 9.71. The van der Waals surface area contributed by atoms with E-state index in [0.29, 0.717) is 11.1 Å². The van der Waals surface area contributed by atoms with Gasteiger partial charge < -0.3 is 10.6 Å². The smallest absolute Gasteiger partial charge is 0.228 e. The molecule has 0 bridgehead atoms. The summed E-state index contributed by atoms with van der Waals surface area (Å²) in [6.45, 7) is 0. The van der Waals surface area contributed by atoms with Crippen LogP contribution in [0.5, 0.6) is 0 Å². The van der Waals surface area contributed by atoms with E-state index in [0.717, 1.165) is 10.2 Å². The van der Waals surface area contributed by atoms with Gasteiger partial charge in [-0.15, -0.1) is 0 Å². The highest BCUT2D eigenvalue weighted by Crippen LogP contribution is 2.14. The SMILES string of the molecule is S=C(Nc1ccc(Br)cc1)Nc1ncccn1.